The van der Waals surface area contributed by atoms with Gasteiger partial charge in [-0.3, -0.25) is 4.68 Å². The number of sulfonamides is 1. The van der Waals surface area contributed by atoms with E-state index >= 15 is 0 Å². The van der Waals surface area contributed by atoms with Crippen molar-refractivity contribution >= 4 is 16.1 Å². The van der Waals surface area contributed by atoms with Crippen LogP contribution < -0.4 is 5.32 Å². The first-order valence-corrected chi connectivity index (χ1v) is 11.3. The van der Waals surface area contributed by atoms with Crippen molar-refractivity contribution in [1.29, 1.82) is 0 Å². The summed E-state index contributed by atoms with van der Waals surface area (Å²) in [5, 5.41) is 7.11. The maximum atomic E-state index is 12.9. The Bertz CT molecular complexity index is 1120. The molecule has 1 amide bonds. The molecule has 0 atom stereocenters. The minimum atomic E-state index is -5.39. The van der Waals surface area contributed by atoms with Crippen molar-refractivity contribution in [3.05, 3.63) is 41.1 Å². The zero-order valence-electron chi connectivity index (χ0n) is 18.2. The van der Waals surface area contributed by atoms with E-state index < -0.39 is 33.8 Å². The van der Waals surface area contributed by atoms with Crippen LogP contribution in [-0.4, -0.2) is 46.3 Å². The third-order valence-corrected chi connectivity index (χ3v) is 6.37. The van der Waals surface area contributed by atoms with Gasteiger partial charge in [0.2, 0.25) is 0 Å². The summed E-state index contributed by atoms with van der Waals surface area (Å²) in [6.45, 7) is 6.76. The molecule has 1 N–H and O–H groups in total. The van der Waals surface area contributed by atoms with Gasteiger partial charge < -0.3 is 10.1 Å². The molecule has 0 saturated carbocycles. The van der Waals surface area contributed by atoms with Crippen LogP contribution in [0.5, 0.6) is 0 Å². The average Bonchev–Trinajstić information content (AvgIpc) is 3.07. The third-order valence-electron chi connectivity index (χ3n) is 4.80. The quantitative estimate of drug-likeness (QED) is 0.732. The van der Waals surface area contributed by atoms with E-state index in [1.54, 1.807) is 39.0 Å². The lowest BCUT2D eigenvalue weighted by Gasteiger charge is -2.27. The summed E-state index contributed by atoms with van der Waals surface area (Å²) in [6, 6.07) is 7.07. The van der Waals surface area contributed by atoms with Crippen molar-refractivity contribution < 1.29 is 31.1 Å². The largest absolute Gasteiger partial charge is 0.511 e. The predicted octanol–water partition coefficient (Wildman–Crippen LogP) is 3.55. The van der Waals surface area contributed by atoms with Gasteiger partial charge in [-0.25, -0.2) is 13.2 Å². The smallest absolute Gasteiger partial charge is 0.444 e. The second-order valence-corrected chi connectivity index (χ2v) is 10.5. The average molecular weight is 475 g/mol. The molecule has 0 radical (unpaired) electrons. The number of nitrogens with one attached hydrogen (secondary N) is 1. The minimum absolute atomic E-state index is 0.0293. The molecule has 0 bridgehead atoms. The summed E-state index contributed by atoms with van der Waals surface area (Å²) >= 11 is 0. The fourth-order valence-electron chi connectivity index (χ4n) is 3.34. The second kappa shape index (κ2) is 8.39. The van der Waals surface area contributed by atoms with Crippen molar-refractivity contribution in [2.24, 2.45) is 0 Å². The number of benzene rings is 1. The van der Waals surface area contributed by atoms with Gasteiger partial charge in [0, 0.05) is 18.7 Å². The van der Waals surface area contributed by atoms with Gasteiger partial charge in [0.1, 0.15) is 5.60 Å². The first kappa shape index (κ1) is 24.1. The van der Waals surface area contributed by atoms with Crippen LogP contribution in [0.4, 0.5) is 18.0 Å². The summed E-state index contributed by atoms with van der Waals surface area (Å²) in [4.78, 5) is 11.8. The van der Waals surface area contributed by atoms with E-state index in [0.29, 0.717) is 15.7 Å². The van der Waals surface area contributed by atoms with Gasteiger partial charge in [-0.1, -0.05) is 18.2 Å². The Morgan fingerprint density at radius 1 is 1.19 bits per heavy atom. The molecule has 8 nitrogen and oxygen atoms in total. The number of aromatic nitrogens is 2. The zero-order chi connectivity index (χ0) is 23.9. The first-order chi connectivity index (χ1) is 14.7. The number of alkyl halides is 3. The monoisotopic (exact) mass is 474 g/mol. The molecular weight excluding hydrogens is 449 g/mol. The first-order valence-electron chi connectivity index (χ1n) is 9.87. The topological polar surface area (TPSA) is 93.5 Å². The van der Waals surface area contributed by atoms with E-state index in [2.05, 4.69) is 10.4 Å². The van der Waals surface area contributed by atoms with Gasteiger partial charge in [-0.2, -0.15) is 22.6 Å². The maximum absolute atomic E-state index is 12.9. The Hall–Kier alpha value is -2.60. The van der Waals surface area contributed by atoms with Crippen molar-refractivity contribution in [3.8, 4) is 11.3 Å². The van der Waals surface area contributed by atoms with Crippen LogP contribution in [0, 0.1) is 6.92 Å². The Morgan fingerprint density at radius 2 is 1.88 bits per heavy atom. The van der Waals surface area contributed by atoms with Crippen molar-refractivity contribution in [3.63, 3.8) is 0 Å². The number of nitrogens with zero attached hydrogens (tertiary/aromatic N) is 3. The Balaban J connectivity index is 1.73. The lowest BCUT2D eigenvalue weighted by atomic mass is 10.0. The van der Waals surface area contributed by atoms with Crippen molar-refractivity contribution in [2.75, 3.05) is 6.54 Å². The highest BCUT2D eigenvalue weighted by Crippen LogP contribution is 2.31. The van der Waals surface area contributed by atoms with Crippen LogP contribution in [0.1, 0.15) is 37.6 Å². The molecule has 3 rings (SSSR count). The number of amides is 1. The maximum Gasteiger partial charge on any atom is 0.511 e. The molecule has 0 unspecified atom stereocenters. The summed E-state index contributed by atoms with van der Waals surface area (Å²) in [5.74, 6) is 0. The van der Waals surface area contributed by atoms with Crippen LogP contribution in [0.2, 0.25) is 0 Å². The standard InChI is InChI=1S/C20H25F3N4O4S/c1-13-9-14(11-24-18(28)31-19(2,3)4)5-6-16(13)17-10-15-12-26(7-8-27(15)25-17)32(29,30)20(21,22)23/h5-6,9-10H,7-8,11-12H2,1-4H3,(H,24,28). The molecule has 1 aromatic heterocycles. The molecule has 32 heavy (non-hydrogen) atoms. The summed E-state index contributed by atoms with van der Waals surface area (Å²) in [7, 11) is -5.39. The van der Waals surface area contributed by atoms with Crippen LogP contribution in [0.15, 0.2) is 24.3 Å². The van der Waals surface area contributed by atoms with Crippen LogP contribution >= 0.6 is 0 Å². The van der Waals surface area contributed by atoms with Crippen LogP contribution in [-0.2, 0) is 34.4 Å². The lowest BCUT2D eigenvalue weighted by Crippen LogP contribution is -2.44. The minimum Gasteiger partial charge on any atom is -0.444 e. The Kier molecular flexibility index (Phi) is 6.31. The summed E-state index contributed by atoms with van der Waals surface area (Å²) in [5.41, 5.74) is -2.56. The van der Waals surface area contributed by atoms with Gasteiger partial charge in [-0.15, -0.1) is 0 Å². The van der Waals surface area contributed by atoms with Crippen LogP contribution in [0.25, 0.3) is 11.3 Å². The predicted molar refractivity (Wildman–Crippen MR) is 111 cm³/mol. The molecule has 1 aliphatic heterocycles. The fraction of sp³-hybridized carbons (Fsp3) is 0.500. The summed E-state index contributed by atoms with van der Waals surface area (Å²) in [6.07, 6.45) is -0.528. The second-order valence-electron chi connectivity index (χ2n) is 8.53. The number of carbonyl (C=O) groups is 1. The van der Waals surface area contributed by atoms with Crippen LogP contribution in [0.3, 0.4) is 0 Å². The third kappa shape index (κ3) is 5.23. The van der Waals surface area contributed by atoms with E-state index in [-0.39, 0.29) is 19.6 Å². The molecule has 2 heterocycles. The number of halogens is 3. The van der Waals surface area contributed by atoms with E-state index in [0.717, 1.165) is 16.7 Å². The molecule has 0 spiro atoms. The van der Waals surface area contributed by atoms with Gasteiger partial charge in [0.15, 0.2) is 0 Å². The molecule has 1 aromatic carbocycles. The fourth-order valence-corrected chi connectivity index (χ4v) is 4.25. The van der Waals surface area contributed by atoms with E-state index in [4.69, 9.17) is 4.74 Å². The molecule has 176 valence electrons. The van der Waals surface area contributed by atoms with Gasteiger partial charge >= 0.3 is 21.6 Å². The van der Waals surface area contributed by atoms with Crippen molar-refractivity contribution in [1.82, 2.24) is 19.4 Å². The molecular formula is C20H25F3N4O4S. The van der Waals surface area contributed by atoms with Crippen molar-refractivity contribution in [2.45, 2.75) is 58.4 Å². The number of fused-ring (bicyclic) bond motifs is 1. The molecule has 0 fully saturated rings. The number of alkyl carbamates (subject to hydrolysis) is 1. The van der Waals surface area contributed by atoms with E-state index in [9.17, 15) is 26.4 Å². The molecule has 0 saturated heterocycles. The number of rotatable bonds is 4. The number of hydrogen-bond donors (Lipinski definition) is 1. The Morgan fingerprint density at radius 3 is 2.47 bits per heavy atom. The lowest BCUT2D eigenvalue weighted by molar-refractivity contribution is -0.0496. The van der Waals surface area contributed by atoms with Gasteiger partial charge in [-0.05, 0) is 44.9 Å². The van der Waals surface area contributed by atoms with Gasteiger partial charge in [0.25, 0.3) is 0 Å². The highest BCUT2D eigenvalue weighted by molar-refractivity contribution is 7.89. The number of aryl methyl sites for hydroxylation is 1. The summed E-state index contributed by atoms with van der Waals surface area (Å²) < 4.78 is 69.1. The van der Waals surface area contributed by atoms with E-state index in [1.807, 2.05) is 13.0 Å². The number of carbonyl (C=O) groups excluding carboxylic acids is 1. The molecule has 2 aromatic rings. The normalized spacial score (nSPS) is 15.3. The molecule has 1 aliphatic rings. The highest BCUT2D eigenvalue weighted by atomic mass is 32.2. The Labute approximate surface area is 184 Å². The molecule has 0 aliphatic carbocycles. The highest BCUT2D eigenvalue weighted by Gasteiger charge is 2.50. The molecule has 12 heteroatoms. The number of hydrogen-bond acceptors (Lipinski definition) is 5. The van der Waals surface area contributed by atoms with Gasteiger partial charge in [0.05, 0.1) is 24.5 Å². The zero-order valence-corrected chi connectivity index (χ0v) is 19.0. The number of ether oxygens (including phenoxy) is 1. The SMILES string of the molecule is Cc1cc(CNC(=O)OC(C)(C)C)ccc1-c1cc2n(n1)CCN(S(=O)(=O)C(F)(F)F)C2. The van der Waals surface area contributed by atoms with E-state index in [1.165, 1.54) is 4.68 Å².